The summed E-state index contributed by atoms with van der Waals surface area (Å²) < 4.78 is 0. The average molecular weight is 190 g/mol. The normalized spacial score (nSPS) is 15.8. The summed E-state index contributed by atoms with van der Waals surface area (Å²) in [6.45, 7) is 5.72. The molecule has 14 heavy (non-hydrogen) atoms. The Morgan fingerprint density at radius 3 is 2.93 bits per heavy atom. The minimum atomic E-state index is 1.10. The summed E-state index contributed by atoms with van der Waals surface area (Å²) in [5.74, 6) is 0. The molecule has 0 N–H and O–H groups in total. The lowest BCUT2D eigenvalue weighted by Gasteiger charge is -2.13. The molecule has 1 aromatic heterocycles. The van der Waals surface area contributed by atoms with Crippen LogP contribution in [0.1, 0.15) is 37.3 Å². The van der Waals surface area contributed by atoms with E-state index in [0.717, 1.165) is 13.1 Å². The minimum Gasteiger partial charge on any atom is -0.295 e. The molecule has 0 saturated carbocycles. The van der Waals surface area contributed by atoms with Crippen LogP contribution in [0.25, 0.3) is 0 Å². The van der Waals surface area contributed by atoms with Gasteiger partial charge in [0.15, 0.2) is 0 Å². The first-order chi connectivity index (χ1) is 6.90. The van der Waals surface area contributed by atoms with Crippen LogP contribution in [0.15, 0.2) is 18.5 Å². The van der Waals surface area contributed by atoms with Crippen molar-refractivity contribution in [2.75, 3.05) is 6.54 Å². The van der Waals surface area contributed by atoms with E-state index in [9.17, 15) is 0 Å². The molecule has 0 fully saturated rings. The van der Waals surface area contributed by atoms with Gasteiger partial charge in [0, 0.05) is 25.5 Å². The van der Waals surface area contributed by atoms with Gasteiger partial charge in [-0.1, -0.05) is 19.8 Å². The summed E-state index contributed by atoms with van der Waals surface area (Å²) in [7, 11) is 0. The van der Waals surface area contributed by atoms with Gasteiger partial charge in [0.25, 0.3) is 0 Å². The second-order valence-electron chi connectivity index (χ2n) is 4.06. The molecule has 1 aliphatic heterocycles. The number of hydrogen-bond donors (Lipinski definition) is 0. The first-order valence-corrected chi connectivity index (χ1v) is 5.54. The van der Waals surface area contributed by atoms with Crippen molar-refractivity contribution in [2.24, 2.45) is 0 Å². The fraction of sp³-hybridized carbons (Fsp3) is 0.583. The van der Waals surface area contributed by atoms with Crippen molar-refractivity contribution in [3.05, 3.63) is 29.6 Å². The molecule has 2 heteroatoms. The van der Waals surface area contributed by atoms with Crippen LogP contribution in [0, 0.1) is 0 Å². The van der Waals surface area contributed by atoms with Crippen molar-refractivity contribution < 1.29 is 0 Å². The molecule has 2 heterocycles. The summed E-state index contributed by atoms with van der Waals surface area (Å²) in [4.78, 5) is 6.68. The third-order valence-corrected chi connectivity index (χ3v) is 2.87. The Kier molecular flexibility index (Phi) is 3.14. The quantitative estimate of drug-likeness (QED) is 0.678. The molecule has 1 aromatic rings. The predicted octanol–water partition coefficient (Wildman–Crippen LogP) is 2.59. The van der Waals surface area contributed by atoms with E-state index in [1.54, 1.807) is 0 Å². The Hall–Kier alpha value is -0.890. The van der Waals surface area contributed by atoms with E-state index in [0.29, 0.717) is 0 Å². The fourth-order valence-electron chi connectivity index (χ4n) is 2.03. The van der Waals surface area contributed by atoms with Crippen molar-refractivity contribution in [1.29, 1.82) is 0 Å². The zero-order valence-corrected chi connectivity index (χ0v) is 8.87. The van der Waals surface area contributed by atoms with Gasteiger partial charge in [-0.05, 0) is 30.2 Å². The zero-order valence-electron chi connectivity index (χ0n) is 8.87. The van der Waals surface area contributed by atoms with E-state index in [-0.39, 0.29) is 0 Å². The van der Waals surface area contributed by atoms with Crippen LogP contribution < -0.4 is 0 Å². The molecule has 0 bridgehead atoms. The number of pyridine rings is 1. The van der Waals surface area contributed by atoms with E-state index < -0.39 is 0 Å². The van der Waals surface area contributed by atoms with Crippen molar-refractivity contribution in [3.63, 3.8) is 0 Å². The van der Waals surface area contributed by atoms with Gasteiger partial charge in [0.05, 0.1) is 0 Å². The number of fused-ring (bicyclic) bond motifs is 1. The molecule has 76 valence electrons. The number of aromatic nitrogens is 1. The molecule has 0 spiro atoms. The van der Waals surface area contributed by atoms with Crippen LogP contribution in [0.4, 0.5) is 0 Å². The molecule has 1 aliphatic rings. The summed E-state index contributed by atoms with van der Waals surface area (Å²) >= 11 is 0. The first-order valence-electron chi connectivity index (χ1n) is 5.54. The zero-order chi connectivity index (χ0) is 9.80. The van der Waals surface area contributed by atoms with Gasteiger partial charge in [0.2, 0.25) is 0 Å². The lowest BCUT2D eigenvalue weighted by molar-refractivity contribution is 0.277. The lowest BCUT2D eigenvalue weighted by Crippen LogP contribution is -2.17. The maximum absolute atomic E-state index is 4.16. The number of rotatable bonds is 4. The van der Waals surface area contributed by atoms with E-state index in [2.05, 4.69) is 22.9 Å². The van der Waals surface area contributed by atoms with E-state index in [1.807, 2.05) is 12.4 Å². The van der Waals surface area contributed by atoms with E-state index in [1.165, 1.54) is 36.9 Å². The van der Waals surface area contributed by atoms with Crippen molar-refractivity contribution in [2.45, 2.75) is 39.3 Å². The van der Waals surface area contributed by atoms with Crippen LogP contribution >= 0.6 is 0 Å². The van der Waals surface area contributed by atoms with Gasteiger partial charge in [-0.3, -0.25) is 9.88 Å². The molecule has 0 atom stereocenters. The molecule has 0 radical (unpaired) electrons. The lowest BCUT2D eigenvalue weighted by atomic mass is 10.2. The van der Waals surface area contributed by atoms with Crippen LogP contribution in [0.2, 0.25) is 0 Å². The standard InChI is InChI=1S/C12H18N2/c1-2-3-4-7-14-9-11-5-6-13-8-12(11)10-14/h5-6,8H,2-4,7,9-10H2,1H3. The van der Waals surface area contributed by atoms with E-state index >= 15 is 0 Å². The number of unbranched alkanes of at least 4 members (excludes halogenated alkanes) is 2. The van der Waals surface area contributed by atoms with Crippen LogP contribution in [0.3, 0.4) is 0 Å². The summed E-state index contributed by atoms with van der Waals surface area (Å²) in [5.41, 5.74) is 2.89. The Morgan fingerprint density at radius 1 is 1.29 bits per heavy atom. The van der Waals surface area contributed by atoms with Crippen molar-refractivity contribution in [3.8, 4) is 0 Å². The molecular formula is C12H18N2. The number of hydrogen-bond acceptors (Lipinski definition) is 2. The van der Waals surface area contributed by atoms with Crippen LogP contribution in [-0.4, -0.2) is 16.4 Å². The maximum Gasteiger partial charge on any atom is 0.0316 e. The molecule has 0 aliphatic carbocycles. The Labute approximate surface area is 86.0 Å². The highest BCUT2D eigenvalue weighted by atomic mass is 15.1. The third-order valence-electron chi connectivity index (χ3n) is 2.87. The smallest absolute Gasteiger partial charge is 0.0316 e. The topological polar surface area (TPSA) is 16.1 Å². The highest BCUT2D eigenvalue weighted by Gasteiger charge is 2.17. The van der Waals surface area contributed by atoms with Crippen molar-refractivity contribution in [1.82, 2.24) is 9.88 Å². The summed E-state index contributed by atoms with van der Waals surface area (Å²) in [6, 6.07) is 2.15. The Morgan fingerprint density at radius 2 is 2.14 bits per heavy atom. The SMILES string of the molecule is CCCCCN1Cc2ccncc2C1. The minimum absolute atomic E-state index is 1.10. The number of nitrogens with zero attached hydrogens (tertiary/aromatic N) is 2. The van der Waals surface area contributed by atoms with Gasteiger partial charge in [-0.2, -0.15) is 0 Å². The van der Waals surface area contributed by atoms with E-state index in [4.69, 9.17) is 0 Å². The monoisotopic (exact) mass is 190 g/mol. The Bertz CT molecular complexity index is 271. The summed E-state index contributed by atoms with van der Waals surface area (Å²) in [6.07, 6.45) is 7.90. The first kappa shape index (κ1) is 9.66. The summed E-state index contributed by atoms with van der Waals surface area (Å²) in [5, 5.41) is 0. The molecular weight excluding hydrogens is 172 g/mol. The predicted molar refractivity (Wildman–Crippen MR) is 57.9 cm³/mol. The largest absolute Gasteiger partial charge is 0.295 e. The second-order valence-corrected chi connectivity index (χ2v) is 4.06. The molecule has 2 rings (SSSR count). The fourth-order valence-corrected chi connectivity index (χ4v) is 2.03. The van der Waals surface area contributed by atoms with Gasteiger partial charge in [-0.25, -0.2) is 0 Å². The highest BCUT2D eigenvalue weighted by Crippen LogP contribution is 2.21. The molecule has 0 unspecified atom stereocenters. The van der Waals surface area contributed by atoms with Crippen LogP contribution in [-0.2, 0) is 13.1 Å². The maximum atomic E-state index is 4.16. The van der Waals surface area contributed by atoms with Gasteiger partial charge < -0.3 is 0 Å². The molecule has 0 amide bonds. The Balaban J connectivity index is 1.86. The molecule has 0 saturated heterocycles. The van der Waals surface area contributed by atoms with Gasteiger partial charge >= 0.3 is 0 Å². The third kappa shape index (κ3) is 2.13. The van der Waals surface area contributed by atoms with Crippen LogP contribution in [0.5, 0.6) is 0 Å². The van der Waals surface area contributed by atoms with Crippen molar-refractivity contribution >= 4 is 0 Å². The average Bonchev–Trinajstić information content (AvgIpc) is 2.60. The highest BCUT2D eigenvalue weighted by molar-refractivity contribution is 5.26. The second kappa shape index (κ2) is 4.56. The molecule has 0 aromatic carbocycles. The van der Waals surface area contributed by atoms with Gasteiger partial charge in [0.1, 0.15) is 0 Å². The molecule has 2 nitrogen and oxygen atoms in total. The van der Waals surface area contributed by atoms with Gasteiger partial charge in [-0.15, -0.1) is 0 Å².